The molecule has 0 unspecified atom stereocenters. The highest BCUT2D eigenvalue weighted by Gasteiger charge is 2.33. The lowest BCUT2D eigenvalue weighted by Gasteiger charge is -2.11. The molecule has 2 rings (SSSR count). The first-order valence-corrected chi connectivity index (χ1v) is 6.83. The molecule has 0 spiro atoms. The highest BCUT2D eigenvalue weighted by Crippen LogP contribution is 2.28. The van der Waals surface area contributed by atoms with Crippen molar-refractivity contribution in [2.24, 2.45) is 0 Å². The van der Waals surface area contributed by atoms with E-state index in [-0.39, 0.29) is 5.69 Å². The molecule has 0 fully saturated rings. The minimum Gasteiger partial charge on any atom is -0.279 e. The van der Waals surface area contributed by atoms with Crippen molar-refractivity contribution in [2.45, 2.75) is 4.90 Å². The van der Waals surface area contributed by atoms with Crippen LogP contribution in [0.5, 0.6) is 0 Å². The van der Waals surface area contributed by atoms with Crippen LogP contribution in [0.15, 0.2) is 35.2 Å². The third-order valence-corrected chi connectivity index (χ3v) is 3.86. The van der Waals surface area contributed by atoms with Gasteiger partial charge < -0.3 is 0 Å². The highest BCUT2D eigenvalue weighted by molar-refractivity contribution is 7.92. The molecule has 2 aromatic carbocycles. The van der Waals surface area contributed by atoms with Crippen LogP contribution >= 0.6 is 0 Å². The second-order valence-corrected chi connectivity index (χ2v) is 5.49. The first-order valence-electron chi connectivity index (χ1n) is 5.35. The fourth-order valence-corrected chi connectivity index (χ4v) is 2.73. The number of sulfonamides is 1. The highest BCUT2D eigenvalue weighted by atomic mass is 32.2. The van der Waals surface area contributed by atoms with E-state index in [2.05, 4.69) is 0 Å². The topological polar surface area (TPSA) is 46.2 Å². The summed E-state index contributed by atoms with van der Waals surface area (Å²) in [6, 6.07) is 6.84. The quantitative estimate of drug-likeness (QED) is 0.536. The van der Waals surface area contributed by atoms with Crippen LogP contribution in [-0.4, -0.2) is 8.42 Å². The summed E-state index contributed by atoms with van der Waals surface area (Å²) in [6.07, 6.45) is 0. The molecule has 0 aromatic heterocycles. The van der Waals surface area contributed by atoms with Gasteiger partial charge in [-0.2, -0.15) is 0 Å². The van der Waals surface area contributed by atoms with Crippen molar-refractivity contribution >= 4 is 15.7 Å². The Balaban J connectivity index is 2.61. The smallest absolute Gasteiger partial charge is 0.267 e. The summed E-state index contributed by atoms with van der Waals surface area (Å²) in [6.45, 7) is 0. The van der Waals surface area contributed by atoms with E-state index >= 15 is 0 Å². The summed E-state index contributed by atoms with van der Waals surface area (Å²) >= 11 is 0. The van der Waals surface area contributed by atoms with Gasteiger partial charge in [-0.25, -0.2) is 30.4 Å². The molecule has 3 nitrogen and oxygen atoms in total. The zero-order valence-electron chi connectivity index (χ0n) is 10.0. The molecule has 0 radical (unpaired) electrons. The van der Waals surface area contributed by atoms with Crippen molar-refractivity contribution < 1.29 is 30.4 Å². The van der Waals surface area contributed by atoms with E-state index in [0.717, 1.165) is 0 Å². The van der Waals surface area contributed by atoms with E-state index in [4.69, 9.17) is 0 Å². The van der Waals surface area contributed by atoms with Crippen molar-refractivity contribution in [1.82, 2.24) is 0 Å². The predicted octanol–water partition coefficient (Wildman–Crippen LogP) is 3.18. The van der Waals surface area contributed by atoms with Gasteiger partial charge in [0, 0.05) is 5.69 Å². The maximum Gasteiger partial charge on any atom is 0.267 e. The standard InChI is InChI=1S/C12H6F5NO2S/c13-7-8(14)10(16)12(11(17)9(7)15)21(19,20)18-6-4-2-1-3-5-6/h1-5,18H. The molecule has 2 aromatic rings. The Labute approximate surface area is 116 Å². The Morgan fingerprint density at radius 3 is 1.62 bits per heavy atom. The van der Waals surface area contributed by atoms with Crippen LogP contribution in [0.2, 0.25) is 0 Å². The first-order chi connectivity index (χ1) is 9.75. The van der Waals surface area contributed by atoms with Gasteiger partial charge in [0.2, 0.25) is 5.82 Å². The van der Waals surface area contributed by atoms with Gasteiger partial charge in [0.1, 0.15) is 0 Å². The molecule has 0 atom stereocenters. The summed E-state index contributed by atoms with van der Waals surface area (Å²) in [5.74, 6) is -11.9. The minimum atomic E-state index is -4.98. The van der Waals surface area contributed by atoms with Gasteiger partial charge in [-0.15, -0.1) is 0 Å². The number of para-hydroxylation sites is 1. The van der Waals surface area contributed by atoms with Gasteiger partial charge in [0.05, 0.1) is 0 Å². The van der Waals surface area contributed by atoms with E-state index in [1.807, 2.05) is 0 Å². The molecule has 0 bridgehead atoms. The zero-order chi connectivity index (χ0) is 15.8. The van der Waals surface area contributed by atoms with Crippen molar-refractivity contribution in [3.63, 3.8) is 0 Å². The Kier molecular flexibility index (Phi) is 3.86. The molecule has 112 valence electrons. The maximum atomic E-state index is 13.5. The van der Waals surface area contributed by atoms with Crippen LogP contribution in [0.4, 0.5) is 27.6 Å². The molecule has 0 aliphatic rings. The fourth-order valence-electron chi connectivity index (χ4n) is 1.53. The summed E-state index contributed by atoms with van der Waals surface area (Å²) in [5, 5.41) is 0. The van der Waals surface area contributed by atoms with Crippen molar-refractivity contribution in [2.75, 3.05) is 4.72 Å². The minimum absolute atomic E-state index is 0.0959. The Morgan fingerprint density at radius 1 is 0.714 bits per heavy atom. The van der Waals surface area contributed by atoms with E-state index in [1.165, 1.54) is 30.3 Å². The number of nitrogens with one attached hydrogen (secondary N) is 1. The monoisotopic (exact) mass is 323 g/mol. The molecule has 0 aliphatic heterocycles. The van der Waals surface area contributed by atoms with Crippen molar-refractivity contribution in [3.8, 4) is 0 Å². The summed E-state index contributed by atoms with van der Waals surface area (Å²) < 4.78 is 91.2. The van der Waals surface area contributed by atoms with Gasteiger partial charge in [0.25, 0.3) is 10.0 Å². The molecular weight excluding hydrogens is 317 g/mol. The van der Waals surface area contributed by atoms with E-state index in [9.17, 15) is 30.4 Å². The number of anilines is 1. The molecule has 1 N–H and O–H groups in total. The SMILES string of the molecule is O=S(=O)(Nc1ccccc1)c1c(F)c(F)c(F)c(F)c1F. The van der Waals surface area contributed by atoms with Crippen molar-refractivity contribution in [3.05, 3.63) is 59.4 Å². The molecule has 21 heavy (non-hydrogen) atoms. The van der Waals surface area contributed by atoms with Crippen LogP contribution in [-0.2, 0) is 10.0 Å². The van der Waals surface area contributed by atoms with E-state index in [1.54, 1.807) is 4.72 Å². The molecule has 0 saturated carbocycles. The number of halogens is 5. The molecule has 9 heteroatoms. The second kappa shape index (κ2) is 5.32. The molecule has 0 saturated heterocycles. The van der Waals surface area contributed by atoms with Crippen LogP contribution in [0.1, 0.15) is 0 Å². The number of rotatable bonds is 3. The third-order valence-electron chi connectivity index (χ3n) is 2.46. The van der Waals surface area contributed by atoms with Crippen molar-refractivity contribution in [1.29, 1.82) is 0 Å². The normalized spacial score (nSPS) is 11.5. The summed E-state index contributed by atoms with van der Waals surface area (Å²) in [4.78, 5) is -1.93. The van der Waals surface area contributed by atoms with Crippen LogP contribution in [0.25, 0.3) is 0 Å². The zero-order valence-corrected chi connectivity index (χ0v) is 10.8. The van der Waals surface area contributed by atoms with Crippen LogP contribution in [0, 0.1) is 29.1 Å². The van der Waals surface area contributed by atoms with Gasteiger partial charge >= 0.3 is 0 Å². The second-order valence-electron chi connectivity index (χ2n) is 3.87. The third kappa shape index (κ3) is 2.68. The van der Waals surface area contributed by atoms with Gasteiger partial charge in [-0.1, -0.05) is 18.2 Å². The van der Waals surface area contributed by atoms with Crippen LogP contribution < -0.4 is 4.72 Å². The average molecular weight is 323 g/mol. The first kappa shape index (κ1) is 15.2. The Morgan fingerprint density at radius 2 is 1.14 bits per heavy atom. The largest absolute Gasteiger partial charge is 0.279 e. The Hall–Kier alpha value is -2.16. The van der Waals surface area contributed by atoms with E-state index < -0.39 is 44.0 Å². The molecule has 0 aliphatic carbocycles. The lowest BCUT2D eigenvalue weighted by Crippen LogP contribution is -2.19. The number of hydrogen-bond donors (Lipinski definition) is 1. The lowest BCUT2D eigenvalue weighted by atomic mass is 10.3. The number of benzene rings is 2. The van der Waals surface area contributed by atoms with E-state index in [0.29, 0.717) is 0 Å². The van der Waals surface area contributed by atoms with Crippen LogP contribution in [0.3, 0.4) is 0 Å². The number of hydrogen-bond acceptors (Lipinski definition) is 2. The van der Waals surface area contributed by atoms with Gasteiger partial charge in [0.15, 0.2) is 28.2 Å². The summed E-state index contributed by atoms with van der Waals surface area (Å²) in [7, 11) is -4.98. The summed E-state index contributed by atoms with van der Waals surface area (Å²) in [5.41, 5.74) is -0.0959. The lowest BCUT2D eigenvalue weighted by molar-refractivity contribution is 0.358. The Bertz CT molecular complexity index is 764. The molecule has 0 heterocycles. The predicted molar refractivity (Wildman–Crippen MR) is 63.5 cm³/mol. The average Bonchev–Trinajstić information content (AvgIpc) is 2.43. The fraction of sp³-hybridized carbons (Fsp3) is 0. The molecular formula is C12H6F5NO2S. The van der Waals surface area contributed by atoms with Gasteiger partial charge in [-0.3, -0.25) is 4.72 Å². The molecule has 0 amide bonds. The van der Waals surface area contributed by atoms with Gasteiger partial charge in [-0.05, 0) is 12.1 Å². The maximum absolute atomic E-state index is 13.5.